The number of hydrogen-bond acceptors (Lipinski definition) is 4. The number of esters is 1. The molecule has 0 amide bonds. The third-order valence-electron chi connectivity index (χ3n) is 5.49. The van der Waals surface area contributed by atoms with E-state index in [4.69, 9.17) is 4.74 Å². The van der Waals surface area contributed by atoms with E-state index in [2.05, 4.69) is 26.3 Å². The Hall–Kier alpha value is -2.43. The van der Waals surface area contributed by atoms with Crippen molar-refractivity contribution in [1.29, 1.82) is 0 Å². The van der Waals surface area contributed by atoms with Gasteiger partial charge in [-0.1, -0.05) is 42.5 Å². The van der Waals surface area contributed by atoms with Crippen LogP contribution in [0.5, 0.6) is 0 Å². The SMILES string of the molecule is C=CCC1(CC=C)CC(OC(=O)c2ccccc2)CC(CC=C)(CC=C)N1O. The highest BCUT2D eigenvalue weighted by Crippen LogP contribution is 2.46. The molecule has 4 heteroatoms. The van der Waals surface area contributed by atoms with Crippen LogP contribution in [-0.4, -0.2) is 33.4 Å². The zero-order valence-corrected chi connectivity index (χ0v) is 16.6. The van der Waals surface area contributed by atoms with Crippen molar-refractivity contribution in [3.05, 3.63) is 86.5 Å². The molecule has 0 radical (unpaired) electrons. The monoisotopic (exact) mass is 381 g/mol. The Kier molecular flexibility index (Phi) is 7.55. The Morgan fingerprint density at radius 2 is 1.39 bits per heavy atom. The molecule has 1 aliphatic heterocycles. The van der Waals surface area contributed by atoms with E-state index < -0.39 is 11.1 Å². The molecule has 1 aromatic carbocycles. The van der Waals surface area contributed by atoms with Crippen LogP contribution in [0.25, 0.3) is 0 Å². The molecule has 0 spiro atoms. The van der Waals surface area contributed by atoms with Crippen molar-refractivity contribution in [3.63, 3.8) is 0 Å². The topological polar surface area (TPSA) is 49.8 Å². The van der Waals surface area contributed by atoms with E-state index in [9.17, 15) is 10.0 Å². The van der Waals surface area contributed by atoms with Crippen LogP contribution in [0.1, 0.15) is 48.9 Å². The maximum Gasteiger partial charge on any atom is 0.338 e. The average molecular weight is 382 g/mol. The van der Waals surface area contributed by atoms with Gasteiger partial charge in [0.25, 0.3) is 0 Å². The maximum atomic E-state index is 12.7. The minimum Gasteiger partial charge on any atom is -0.459 e. The number of carbonyl (C=O) groups is 1. The summed E-state index contributed by atoms with van der Waals surface area (Å²) in [6.07, 6.45) is 10.00. The van der Waals surface area contributed by atoms with Crippen LogP contribution in [0.4, 0.5) is 0 Å². The largest absolute Gasteiger partial charge is 0.459 e. The number of carbonyl (C=O) groups excluding carboxylic acids is 1. The van der Waals surface area contributed by atoms with E-state index >= 15 is 0 Å². The summed E-state index contributed by atoms with van der Waals surface area (Å²) >= 11 is 0. The van der Waals surface area contributed by atoms with Gasteiger partial charge in [-0.2, -0.15) is 5.06 Å². The lowest BCUT2D eigenvalue weighted by Gasteiger charge is -2.56. The second-order valence-electron chi connectivity index (χ2n) is 7.53. The van der Waals surface area contributed by atoms with Crippen LogP contribution in [0, 0.1) is 0 Å². The highest BCUT2D eigenvalue weighted by atomic mass is 16.5. The Labute approximate surface area is 168 Å². The molecule has 0 aliphatic carbocycles. The predicted octanol–water partition coefficient (Wildman–Crippen LogP) is 5.48. The van der Waals surface area contributed by atoms with E-state index in [0.29, 0.717) is 44.1 Å². The number of hydrogen-bond donors (Lipinski definition) is 1. The molecular formula is C24H31NO3. The quantitative estimate of drug-likeness (QED) is 0.431. The van der Waals surface area contributed by atoms with Gasteiger partial charge in [0.2, 0.25) is 0 Å². The van der Waals surface area contributed by atoms with Gasteiger partial charge in [-0.3, -0.25) is 0 Å². The molecule has 28 heavy (non-hydrogen) atoms. The molecule has 0 aromatic heterocycles. The Morgan fingerprint density at radius 3 is 1.79 bits per heavy atom. The summed E-state index contributed by atoms with van der Waals surface area (Å²) in [5.74, 6) is -0.353. The van der Waals surface area contributed by atoms with Crippen molar-refractivity contribution >= 4 is 5.97 Å². The van der Waals surface area contributed by atoms with Crippen molar-refractivity contribution in [1.82, 2.24) is 5.06 Å². The van der Waals surface area contributed by atoms with Gasteiger partial charge >= 0.3 is 5.97 Å². The fourth-order valence-electron chi connectivity index (χ4n) is 4.39. The van der Waals surface area contributed by atoms with Gasteiger partial charge in [-0.05, 0) is 37.8 Å². The zero-order valence-electron chi connectivity index (χ0n) is 16.6. The maximum absolute atomic E-state index is 12.7. The van der Waals surface area contributed by atoms with Crippen molar-refractivity contribution in [3.8, 4) is 0 Å². The summed E-state index contributed by atoms with van der Waals surface area (Å²) in [7, 11) is 0. The lowest BCUT2D eigenvalue weighted by Crippen LogP contribution is -2.65. The molecule has 0 unspecified atom stereocenters. The number of nitrogens with zero attached hydrogens (tertiary/aromatic N) is 1. The first-order valence-electron chi connectivity index (χ1n) is 9.66. The minimum atomic E-state index is -0.643. The van der Waals surface area contributed by atoms with Gasteiger partial charge in [0, 0.05) is 12.8 Å². The van der Waals surface area contributed by atoms with Crippen LogP contribution >= 0.6 is 0 Å². The van der Waals surface area contributed by atoms with E-state index in [1.54, 1.807) is 36.4 Å². The van der Waals surface area contributed by atoms with Gasteiger partial charge < -0.3 is 9.94 Å². The van der Waals surface area contributed by atoms with Gasteiger partial charge in [0.15, 0.2) is 0 Å². The van der Waals surface area contributed by atoms with Gasteiger partial charge in [-0.25, -0.2) is 4.79 Å². The fraction of sp³-hybridized carbons (Fsp3) is 0.375. The highest BCUT2D eigenvalue weighted by molar-refractivity contribution is 5.89. The summed E-state index contributed by atoms with van der Waals surface area (Å²) in [6, 6.07) is 8.97. The van der Waals surface area contributed by atoms with E-state index in [1.165, 1.54) is 5.06 Å². The van der Waals surface area contributed by atoms with Crippen LogP contribution in [0.3, 0.4) is 0 Å². The molecule has 1 aromatic rings. The normalized spacial score (nSPS) is 18.8. The summed E-state index contributed by atoms with van der Waals surface area (Å²) in [4.78, 5) is 12.7. The molecule has 1 saturated heterocycles. The summed E-state index contributed by atoms with van der Waals surface area (Å²) in [5, 5.41) is 12.8. The lowest BCUT2D eigenvalue weighted by atomic mass is 9.71. The standard InChI is InChI=1S/C24H31NO3/c1-5-14-23(15-6-2)18-21(28-22(26)20-12-10-9-11-13-20)19-24(16-7-3,17-8-4)25(23)27/h5-13,21,27H,1-4,14-19H2. The first-order valence-corrected chi connectivity index (χ1v) is 9.66. The fourth-order valence-corrected chi connectivity index (χ4v) is 4.39. The van der Waals surface area contributed by atoms with Crippen LogP contribution in [-0.2, 0) is 4.74 Å². The lowest BCUT2D eigenvalue weighted by molar-refractivity contribution is -0.274. The molecule has 1 aliphatic rings. The number of rotatable bonds is 10. The van der Waals surface area contributed by atoms with Crippen molar-refractivity contribution in [2.45, 2.75) is 55.7 Å². The van der Waals surface area contributed by atoms with Crippen LogP contribution in [0.15, 0.2) is 81.0 Å². The van der Waals surface area contributed by atoms with Crippen LogP contribution in [0.2, 0.25) is 0 Å². The zero-order chi connectivity index (χ0) is 20.6. The van der Waals surface area contributed by atoms with Crippen LogP contribution < -0.4 is 0 Å². The third-order valence-corrected chi connectivity index (χ3v) is 5.49. The smallest absolute Gasteiger partial charge is 0.338 e. The molecule has 150 valence electrons. The molecule has 1 fully saturated rings. The van der Waals surface area contributed by atoms with E-state index in [-0.39, 0.29) is 12.1 Å². The predicted molar refractivity (Wildman–Crippen MR) is 113 cm³/mol. The first kappa shape index (κ1) is 21.9. The second-order valence-corrected chi connectivity index (χ2v) is 7.53. The Morgan fingerprint density at radius 1 is 0.964 bits per heavy atom. The minimum absolute atomic E-state index is 0.351. The molecule has 1 N–H and O–H groups in total. The number of piperidine rings is 1. The third kappa shape index (κ3) is 4.51. The molecule has 4 nitrogen and oxygen atoms in total. The molecule has 0 saturated carbocycles. The molecule has 0 bridgehead atoms. The number of ether oxygens (including phenoxy) is 1. The van der Waals surface area contributed by atoms with Gasteiger partial charge in [0.1, 0.15) is 6.10 Å². The summed E-state index contributed by atoms with van der Waals surface area (Å²) in [5.41, 5.74) is -0.768. The van der Waals surface area contributed by atoms with Gasteiger partial charge in [0.05, 0.1) is 16.6 Å². The van der Waals surface area contributed by atoms with E-state index in [0.717, 1.165) is 0 Å². The highest BCUT2D eigenvalue weighted by Gasteiger charge is 2.53. The summed E-state index contributed by atoms with van der Waals surface area (Å²) < 4.78 is 5.91. The van der Waals surface area contributed by atoms with Crippen molar-refractivity contribution < 1.29 is 14.7 Å². The number of hydroxylamine groups is 2. The summed E-state index contributed by atoms with van der Waals surface area (Å²) in [6.45, 7) is 15.5. The molecule has 1 heterocycles. The molecule has 0 atom stereocenters. The average Bonchev–Trinajstić information content (AvgIpc) is 2.67. The Balaban J connectivity index is 2.40. The second kappa shape index (κ2) is 9.67. The van der Waals surface area contributed by atoms with Gasteiger partial charge in [-0.15, -0.1) is 26.3 Å². The molecular weight excluding hydrogens is 350 g/mol. The molecule has 2 rings (SSSR count). The number of benzene rings is 1. The Bertz CT molecular complexity index is 656. The first-order chi connectivity index (χ1) is 13.5. The van der Waals surface area contributed by atoms with Crippen molar-refractivity contribution in [2.75, 3.05) is 0 Å². The van der Waals surface area contributed by atoms with E-state index in [1.807, 2.05) is 18.2 Å². The van der Waals surface area contributed by atoms with Crippen molar-refractivity contribution in [2.24, 2.45) is 0 Å².